The van der Waals surface area contributed by atoms with E-state index in [4.69, 9.17) is 0 Å². The molecule has 0 fully saturated rings. The van der Waals surface area contributed by atoms with E-state index in [1.807, 2.05) is 49.1 Å². The largest absolute Gasteiger partial charge is 0.332 e. The lowest BCUT2D eigenvalue weighted by Gasteiger charge is -2.31. The Labute approximate surface area is 173 Å². The molecule has 0 saturated heterocycles. The second-order valence-electron chi connectivity index (χ2n) is 7.28. The van der Waals surface area contributed by atoms with E-state index < -0.39 is 0 Å². The van der Waals surface area contributed by atoms with Crippen molar-refractivity contribution >= 4 is 23.2 Å². The van der Waals surface area contributed by atoms with Crippen LogP contribution in [-0.4, -0.2) is 34.2 Å². The number of benzene rings is 1. The lowest BCUT2D eigenvalue weighted by molar-refractivity contribution is -0.143. The zero-order valence-electron chi connectivity index (χ0n) is 17.5. The maximum atomic E-state index is 13.2. The molecular formula is C23H32N2O2S. The molecule has 1 atom stereocenters. The standard InChI is InChI=1S/C23H32N2O2S/c1-5-10-22(26)25(18(3)6-2)17-23(27)24(15-20-11-8-7-9-12-20)16-21-14-13-19(4)28-21/h7-9,11-14,18H,5-6,10,15-17H2,1-4H3. The Morgan fingerprint density at radius 1 is 1.00 bits per heavy atom. The zero-order valence-corrected chi connectivity index (χ0v) is 18.3. The van der Waals surface area contributed by atoms with Crippen molar-refractivity contribution < 1.29 is 9.59 Å². The molecule has 2 aromatic rings. The van der Waals surface area contributed by atoms with Crippen LogP contribution in [0.25, 0.3) is 0 Å². The van der Waals surface area contributed by atoms with Gasteiger partial charge in [0, 0.05) is 28.8 Å². The minimum Gasteiger partial charge on any atom is -0.332 e. The number of amides is 2. The quantitative estimate of drug-likeness (QED) is 0.562. The van der Waals surface area contributed by atoms with Gasteiger partial charge in [0.05, 0.1) is 6.54 Å². The topological polar surface area (TPSA) is 40.6 Å². The van der Waals surface area contributed by atoms with Crippen LogP contribution in [0.15, 0.2) is 42.5 Å². The molecule has 1 unspecified atom stereocenters. The van der Waals surface area contributed by atoms with Gasteiger partial charge in [-0.3, -0.25) is 9.59 Å². The van der Waals surface area contributed by atoms with E-state index in [2.05, 4.69) is 26.0 Å². The smallest absolute Gasteiger partial charge is 0.242 e. The van der Waals surface area contributed by atoms with Crippen molar-refractivity contribution in [2.45, 2.75) is 66.1 Å². The lowest BCUT2D eigenvalue weighted by atomic mass is 10.1. The van der Waals surface area contributed by atoms with Gasteiger partial charge in [-0.05, 0) is 44.4 Å². The first-order chi connectivity index (χ1) is 13.4. The molecule has 0 aliphatic heterocycles. The number of thiophene rings is 1. The van der Waals surface area contributed by atoms with Crippen LogP contribution in [0.2, 0.25) is 0 Å². The molecule has 0 radical (unpaired) electrons. The summed E-state index contributed by atoms with van der Waals surface area (Å²) in [5, 5.41) is 0. The Balaban J connectivity index is 2.19. The van der Waals surface area contributed by atoms with Crippen molar-refractivity contribution in [3.05, 3.63) is 57.8 Å². The van der Waals surface area contributed by atoms with Gasteiger partial charge in [0.2, 0.25) is 11.8 Å². The Morgan fingerprint density at radius 2 is 1.71 bits per heavy atom. The van der Waals surface area contributed by atoms with E-state index >= 15 is 0 Å². The van der Waals surface area contributed by atoms with Crippen molar-refractivity contribution in [2.24, 2.45) is 0 Å². The van der Waals surface area contributed by atoms with Crippen LogP contribution in [0.3, 0.4) is 0 Å². The summed E-state index contributed by atoms with van der Waals surface area (Å²) in [5.41, 5.74) is 1.10. The predicted molar refractivity (Wildman–Crippen MR) is 116 cm³/mol. The van der Waals surface area contributed by atoms with Crippen molar-refractivity contribution in [2.75, 3.05) is 6.54 Å². The van der Waals surface area contributed by atoms with Gasteiger partial charge in [-0.25, -0.2) is 0 Å². The van der Waals surface area contributed by atoms with Crippen molar-refractivity contribution in [1.82, 2.24) is 9.80 Å². The summed E-state index contributed by atoms with van der Waals surface area (Å²) in [4.78, 5) is 31.8. The fourth-order valence-corrected chi connectivity index (χ4v) is 4.01. The Kier molecular flexibility index (Phi) is 8.71. The Bertz CT molecular complexity index is 757. The Morgan fingerprint density at radius 3 is 2.29 bits per heavy atom. The molecule has 4 nitrogen and oxygen atoms in total. The minimum absolute atomic E-state index is 0.000316. The van der Waals surface area contributed by atoms with Crippen LogP contribution < -0.4 is 0 Å². The average molecular weight is 401 g/mol. The monoisotopic (exact) mass is 400 g/mol. The molecule has 0 bridgehead atoms. The van der Waals surface area contributed by atoms with Crippen molar-refractivity contribution in [3.63, 3.8) is 0 Å². The van der Waals surface area contributed by atoms with Gasteiger partial charge < -0.3 is 9.80 Å². The van der Waals surface area contributed by atoms with Crippen LogP contribution in [0, 0.1) is 6.92 Å². The zero-order chi connectivity index (χ0) is 20.5. The fraction of sp³-hybridized carbons (Fsp3) is 0.478. The first kappa shape index (κ1) is 22.2. The van der Waals surface area contributed by atoms with Gasteiger partial charge in [-0.2, -0.15) is 0 Å². The molecule has 0 N–H and O–H groups in total. The maximum Gasteiger partial charge on any atom is 0.242 e. The molecule has 1 aromatic heterocycles. The highest BCUT2D eigenvalue weighted by Crippen LogP contribution is 2.19. The number of carbonyl (C=O) groups is 2. The molecule has 28 heavy (non-hydrogen) atoms. The molecule has 1 heterocycles. The summed E-state index contributed by atoms with van der Waals surface area (Å²) in [6, 6.07) is 14.3. The predicted octanol–water partition coefficient (Wildman–Crippen LogP) is 5.01. The fourth-order valence-electron chi connectivity index (χ4n) is 3.11. The van der Waals surface area contributed by atoms with Gasteiger partial charge in [0.15, 0.2) is 0 Å². The second kappa shape index (κ2) is 11.0. The molecule has 1 aromatic carbocycles. The number of hydrogen-bond donors (Lipinski definition) is 0. The van der Waals surface area contributed by atoms with Gasteiger partial charge in [0.1, 0.15) is 6.54 Å². The van der Waals surface area contributed by atoms with Crippen LogP contribution >= 0.6 is 11.3 Å². The van der Waals surface area contributed by atoms with E-state index in [-0.39, 0.29) is 24.4 Å². The summed E-state index contributed by atoms with van der Waals surface area (Å²) in [7, 11) is 0. The van der Waals surface area contributed by atoms with Crippen LogP contribution in [-0.2, 0) is 22.7 Å². The van der Waals surface area contributed by atoms with Crippen LogP contribution in [0.1, 0.15) is 55.4 Å². The van der Waals surface area contributed by atoms with E-state index in [0.29, 0.717) is 19.5 Å². The molecule has 0 aliphatic rings. The number of aryl methyl sites for hydroxylation is 1. The summed E-state index contributed by atoms with van der Waals surface area (Å²) < 4.78 is 0. The third-order valence-corrected chi connectivity index (χ3v) is 5.91. The molecule has 2 rings (SSSR count). The second-order valence-corrected chi connectivity index (χ2v) is 8.65. The third kappa shape index (κ3) is 6.48. The van der Waals surface area contributed by atoms with E-state index in [9.17, 15) is 9.59 Å². The number of nitrogens with zero attached hydrogens (tertiary/aromatic N) is 2. The van der Waals surface area contributed by atoms with Crippen molar-refractivity contribution in [1.29, 1.82) is 0 Å². The number of rotatable bonds is 10. The van der Waals surface area contributed by atoms with Crippen molar-refractivity contribution in [3.8, 4) is 0 Å². The molecule has 152 valence electrons. The minimum atomic E-state index is -0.000316. The first-order valence-electron chi connectivity index (χ1n) is 10.1. The number of hydrogen-bond acceptors (Lipinski definition) is 3. The van der Waals surface area contributed by atoms with E-state index in [1.54, 1.807) is 16.2 Å². The molecule has 0 aliphatic carbocycles. The lowest BCUT2D eigenvalue weighted by Crippen LogP contribution is -2.46. The molecule has 2 amide bonds. The molecule has 5 heteroatoms. The average Bonchev–Trinajstić information content (AvgIpc) is 3.10. The van der Waals surface area contributed by atoms with Gasteiger partial charge >= 0.3 is 0 Å². The maximum absolute atomic E-state index is 13.2. The van der Waals surface area contributed by atoms with Crippen LogP contribution in [0.4, 0.5) is 0 Å². The first-order valence-corrected chi connectivity index (χ1v) is 10.9. The highest BCUT2D eigenvalue weighted by Gasteiger charge is 2.24. The van der Waals surface area contributed by atoms with Gasteiger partial charge in [-0.1, -0.05) is 44.2 Å². The number of carbonyl (C=O) groups excluding carboxylic acids is 2. The third-order valence-electron chi connectivity index (χ3n) is 4.92. The summed E-state index contributed by atoms with van der Waals surface area (Å²) in [5.74, 6) is 0.0662. The molecule has 0 saturated carbocycles. The van der Waals surface area contributed by atoms with Gasteiger partial charge in [0.25, 0.3) is 0 Å². The van der Waals surface area contributed by atoms with E-state index in [0.717, 1.165) is 23.3 Å². The van der Waals surface area contributed by atoms with E-state index in [1.165, 1.54) is 4.88 Å². The van der Waals surface area contributed by atoms with Crippen LogP contribution in [0.5, 0.6) is 0 Å². The normalized spacial score (nSPS) is 11.9. The Hall–Kier alpha value is -2.14. The highest BCUT2D eigenvalue weighted by atomic mass is 32.1. The summed E-state index contributed by atoms with van der Waals surface area (Å²) >= 11 is 1.71. The summed E-state index contributed by atoms with van der Waals surface area (Å²) in [6.07, 6.45) is 2.12. The SMILES string of the molecule is CCCC(=O)N(CC(=O)N(Cc1ccccc1)Cc1ccc(C)s1)C(C)CC. The highest BCUT2D eigenvalue weighted by molar-refractivity contribution is 7.11. The molecular weight excluding hydrogens is 368 g/mol. The molecule has 0 spiro atoms. The van der Waals surface area contributed by atoms with Gasteiger partial charge in [-0.15, -0.1) is 11.3 Å². The summed E-state index contributed by atoms with van der Waals surface area (Å²) in [6.45, 7) is 9.41.